The van der Waals surface area contributed by atoms with Gasteiger partial charge < -0.3 is 5.73 Å². The summed E-state index contributed by atoms with van der Waals surface area (Å²) in [6, 6.07) is 5.93. The molecule has 6 heteroatoms. The maximum atomic E-state index is 11.5. The van der Waals surface area contributed by atoms with Crippen LogP contribution >= 0.6 is 15.9 Å². The predicted octanol–water partition coefficient (Wildman–Crippen LogP) is 1.65. The summed E-state index contributed by atoms with van der Waals surface area (Å²) in [5.41, 5.74) is 7.67. The molecule has 1 unspecified atom stereocenters. The van der Waals surface area contributed by atoms with Crippen LogP contribution in [0.2, 0.25) is 0 Å². The lowest BCUT2D eigenvalue weighted by Crippen LogP contribution is -2.46. The van der Waals surface area contributed by atoms with E-state index in [2.05, 4.69) is 20.8 Å². The van der Waals surface area contributed by atoms with Crippen LogP contribution in [0.15, 0.2) is 22.7 Å². The highest BCUT2D eigenvalue weighted by molar-refractivity contribution is 9.10. The maximum absolute atomic E-state index is 11.5. The minimum atomic E-state index is -2.85. The van der Waals surface area contributed by atoms with E-state index in [1.165, 1.54) is 0 Å². The molecule has 18 heavy (non-hydrogen) atoms. The number of anilines is 1. The lowest BCUT2D eigenvalue weighted by atomic mass is 10.1. The first kappa shape index (κ1) is 13.8. The molecule has 0 spiro atoms. The minimum Gasteiger partial charge on any atom is -0.398 e. The van der Waals surface area contributed by atoms with Gasteiger partial charge >= 0.3 is 0 Å². The van der Waals surface area contributed by atoms with E-state index < -0.39 is 9.84 Å². The van der Waals surface area contributed by atoms with Crippen molar-refractivity contribution in [2.24, 2.45) is 0 Å². The van der Waals surface area contributed by atoms with Crippen LogP contribution in [0.1, 0.15) is 12.5 Å². The van der Waals surface area contributed by atoms with Crippen LogP contribution in [0.5, 0.6) is 0 Å². The van der Waals surface area contributed by atoms with Gasteiger partial charge in [0.2, 0.25) is 0 Å². The van der Waals surface area contributed by atoms with E-state index in [1.807, 2.05) is 25.1 Å². The van der Waals surface area contributed by atoms with Crippen molar-refractivity contribution >= 4 is 31.5 Å². The number of rotatable bonds is 2. The average molecular weight is 333 g/mol. The van der Waals surface area contributed by atoms with Crippen molar-refractivity contribution in [3.63, 3.8) is 0 Å². The van der Waals surface area contributed by atoms with E-state index in [0.717, 1.165) is 16.6 Å². The monoisotopic (exact) mass is 332 g/mol. The Kier molecular flexibility index (Phi) is 3.99. The Morgan fingerprint density at radius 2 is 2.22 bits per heavy atom. The van der Waals surface area contributed by atoms with Crippen molar-refractivity contribution in [3.05, 3.63) is 28.2 Å². The third-order valence-corrected chi connectivity index (χ3v) is 5.77. The minimum absolute atomic E-state index is 0.0635. The summed E-state index contributed by atoms with van der Waals surface area (Å²) in [5.74, 6) is 0.502. The second-order valence-corrected chi connectivity index (χ2v) is 7.87. The van der Waals surface area contributed by atoms with Gasteiger partial charge in [-0.25, -0.2) is 8.42 Å². The zero-order chi connectivity index (χ0) is 13.3. The van der Waals surface area contributed by atoms with Crippen LogP contribution < -0.4 is 5.73 Å². The number of nitrogens with two attached hydrogens (primary N) is 1. The predicted molar refractivity (Wildman–Crippen MR) is 77.1 cm³/mol. The van der Waals surface area contributed by atoms with Crippen LogP contribution in [0, 0.1) is 0 Å². The summed E-state index contributed by atoms with van der Waals surface area (Å²) in [7, 11) is -2.85. The smallest absolute Gasteiger partial charge is 0.153 e. The largest absolute Gasteiger partial charge is 0.398 e. The Bertz CT molecular complexity index is 545. The molecule has 0 aromatic heterocycles. The van der Waals surface area contributed by atoms with Crippen LogP contribution in [-0.4, -0.2) is 37.4 Å². The molecule has 1 aliphatic heterocycles. The van der Waals surface area contributed by atoms with Crippen LogP contribution in [0.3, 0.4) is 0 Å². The Labute approximate surface area is 116 Å². The highest BCUT2D eigenvalue weighted by Gasteiger charge is 2.27. The molecule has 0 amide bonds. The van der Waals surface area contributed by atoms with Gasteiger partial charge in [0.15, 0.2) is 9.84 Å². The Morgan fingerprint density at radius 3 is 2.83 bits per heavy atom. The molecule has 0 radical (unpaired) electrons. The quantitative estimate of drug-likeness (QED) is 0.836. The van der Waals surface area contributed by atoms with E-state index in [1.54, 1.807) is 0 Å². The summed E-state index contributed by atoms with van der Waals surface area (Å²) in [6.45, 7) is 3.30. The van der Waals surface area contributed by atoms with Gasteiger partial charge in [0, 0.05) is 29.3 Å². The fraction of sp³-hybridized carbons (Fsp3) is 0.500. The molecular formula is C12H17BrN2O2S. The zero-order valence-electron chi connectivity index (χ0n) is 10.3. The number of hydrogen-bond donors (Lipinski definition) is 1. The van der Waals surface area contributed by atoms with E-state index in [4.69, 9.17) is 5.73 Å². The van der Waals surface area contributed by atoms with Crippen molar-refractivity contribution in [2.45, 2.75) is 19.5 Å². The third kappa shape index (κ3) is 3.24. The molecule has 1 aromatic rings. The van der Waals surface area contributed by atoms with Gasteiger partial charge in [0.25, 0.3) is 0 Å². The molecule has 0 bridgehead atoms. The third-order valence-electron chi connectivity index (χ3n) is 3.25. The number of halogens is 1. The van der Waals surface area contributed by atoms with E-state index in [9.17, 15) is 8.42 Å². The van der Waals surface area contributed by atoms with Crippen molar-refractivity contribution < 1.29 is 8.42 Å². The second kappa shape index (κ2) is 5.19. The van der Waals surface area contributed by atoms with Crippen molar-refractivity contribution in [2.75, 3.05) is 23.8 Å². The van der Waals surface area contributed by atoms with Crippen LogP contribution in [-0.2, 0) is 16.4 Å². The number of nitrogen functional groups attached to an aromatic ring is 1. The number of nitrogens with zero attached hydrogens (tertiary/aromatic N) is 1. The fourth-order valence-electron chi connectivity index (χ4n) is 2.19. The molecule has 1 saturated heterocycles. The average Bonchev–Trinajstić information content (AvgIpc) is 2.27. The van der Waals surface area contributed by atoms with E-state index >= 15 is 0 Å². The molecule has 100 valence electrons. The highest BCUT2D eigenvalue weighted by Crippen LogP contribution is 2.22. The van der Waals surface area contributed by atoms with Crippen molar-refractivity contribution in [1.29, 1.82) is 0 Å². The summed E-state index contributed by atoms with van der Waals surface area (Å²) >= 11 is 3.36. The molecule has 1 aliphatic rings. The van der Waals surface area contributed by atoms with Gasteiger partial charge in [0.05, 0.1) is 11.5 Å². The normalized spacial score (nSPS) is 24.0. The zero-order valence-corrected chi connectivity index (χ0v) is 12.7. The van der Waals surface area contributed by atoms with Gasteiger partial charge in [-0.3, -0.25) is 4.90 Å². The fourth-order valence-corrected chi connectivity index (χ4v) is 4.07. The van der Waals surface area contributed by atoms with E-state index in [0.29, 0.717) is 12.2 Å². The maximum Gasteiger partial charge on any atom is 0.153 e. The standard InChI is InChI=1S/C12H17BrN2O2S/c1-9-8-18(16,17)5-4-15(9)7-10-2-3-11(13)12(14)6-10/h2-3,6,9H,4-5,7-8,14H2,1H3. The summed E-state index contributed by atoms with van der Waals surface area (Å²) in [5, 5.41) is 0. The van der Waals surface area contributed by atoms with Crippen LogP contribution in [0.4, 0.5) is 5.69 Å². The summed E-state index contributed by atoms with van der Waals surface area (Å²) < 4.78 is 23.9. The molecule has 0 saturated carbocycles. The number of sulfone groups is 1. The Hall–Kier alpha value is -0.590. The number of hydrogen-bond acceptors (Lipinski definition) is 4. The SMILES string of the molecule is CC1CS(=O)(=O)CCN1Cc1ccc(Br)c(N)c1. The Morgan fingerprint density at radius 1 is 1.50 bits per heavy atom. The summed E-state index contributed by atoms with van der Waals surface area (Å²) in [4.78, 5) is 2.18. The first-order chi connectivity index (χ1) is 8.37. The topological polar surface area (TPSA) is 63.4 Å². The van der Waals surface area contributed by atoms with Crippen molar-refractivity contribution in [1.82, 2.24) is 4.90 Å². The second-order valence-electron chi connectivity index (χ2n) is 4.79. The first-order valence-corrected chi connectivity index (χ1v) is 8.47. The lowest BCUT2D eigenvalue weighted by Gasteiger charge is -2.33. The highest BCUT2D eigenvalue weighted by atomic mass is 79.9. The number of benzene rings is 1. The van der Waals surface area contributed by atoms with Gasteiger partial charge in [-0.1, -0.05) is 6.07 Å². The molecule has 1 atom stereocenters. The summed E-state index contributed by atoms with van der Waals surface area (Å²) in [6.07, 6.45) is 0. The molecular weight excluding hydrogens is 316 g/mol. The van der Waals surface area contributed by atoms with Gasteiger partial charge in [-0.15, -0.1) is 0 Å². The molecule has 1 fully saturated rings. The first-order valence-electron chi connectivity index (χ1n) is 5.86. The molecule has 4 nitrogen and oxygen atoms in total. The van der Waals surface area contributed by atoms with Crippen LogP contribution in [0.25, 0.3) is 0 Å². The lowest BCUT2D eigenvalue weighted by molar-refractivity contribution is 0.218. The Balaban J connectivity index is 2.08. The molecule has 1 heterocycles. The van der Waals surface area contributed by atoms with Gasteiger partial charge in [-0.05, 0) is 40.5 Å². The van der Waals surface area contributed by atoms with Gasteiger partial charge in [0.1, 0.15) is 0 Å². The molecule has 0 aliphatic carbocycles. The van der Waals surface area contributed by atoms with Gasteiger partial charge in [-0.2, -0.15) is 0 Å². The van der Waals surface area contributed by atoms with Crippen molar-refractivity contribution in [3.8, 4) is 0 Å². The molecule has 2 N–H and O–H groups in total. The molecule has 2 rings (SSSR count). The van der Waals surface area contributed by atoms with E-state index in [-0.39, 0.29) is 17.5 Å². The molecule has 1 aromatic carbocycles.